The quantitative estimate of drug-likeness (QED) is 0.674. The first-order valence-electron chi connectivity index (χ1n) is 7.72. The molecule has 0 bridgehead atoms. The molecule has 0 aliphatic carbocycles. The molecule has 0 saturated carbocycles. The predicted molar refractivity (Wildman–Crippen MR) is 89.5 cm³/mol. The van der Waals surface area contributed by atoms with Crippen LogP contribution >= 0.6 is 0 Å². The molecule has 0 aliphatic heterocycles. The number of nitrogens with two attached hydrogens (primary N) is 1. The number of rotatable bonds is 7. The van der Waals surface area contributed by atoms with Crippen molar-refractivity contribution in [3.8, 4) is 5.75 Å². The SMILES string of the molecule is NCCOc1cccc(CC(=O)NCc2cn3cccnc3n2)c1. The molecule has 3 aromatic rings. The molecule has 24 heavy (non-hydrogen) atoms. The number of ether oxygens (including phenoxy) is 1. The lowest BCUT2D eigenvalue weighted by Gasteiger charge is -2.07. The van der Waals surface area contributed by atoms with Gasteiger partial charge in [0.25, 0.3) is 0 Å². The molecule has 1 amide bonds. The summed E-state index contributed by atoms with van der Waals surface area (Å²) in [6.45, 7) is 1.28. The third-order valence-corrected chi connectivity index (χ3v) is 3.40. The summed E-state index contributed by atoms with van der Waals surface area (Å²) in [7, 11) is 0. The van der Waals surface area contributed by atoms with Crippen LogP contribution in [0.4, 0.5) is 0 Å². The maximum absolute atomic E-state index is 12.1. The Balaban J connectivity index is 1.55. The Hall–Kier alpha value is -2.93. The number of hydrogen-bond acceptors (Lipinski definition) is 5. The van der Waals surface area contributed by atoms with Gasteiger partial charge in [0.1, 0.15) is 12.4 Å². The predicted octanol–water partition coefficient (Wildman–Crippen LogP) is 0.926. The van der Waals surface area contributed by atoms with E-state index in [1.54, 1.807) is 6.20 Å². The highest BCUT2D eigenvalue weighted by molar-refractivity contribution is 5.78. The van der Waals surface area contributed by atoms with Crippen LogP contribution in [0, 0.1) is 0 Å². The van der Waals surface area contributed by atoms with Gasteiger partial charge < -0.3 is 15.8 Å². The van der Waals surface area contributed by atoms with Gasteiger partial charge in [-0.1, -0.05) is 12.1 Å². The fourth-order valence-corrected chi connectivity index (χ4v) is 2.32. The van der Waals surface area contributed by atoms with Gasteiger partial charge in [-0.3, -0.25) is 9.20 Å². The summed E-state index contributed by atoms with van der Waals surface area (Å²) >= 11 is 0. The van der Waals surface area contributed by atoms with Gasteiger partial charge in [0.05, 0.1) is 18.7 Å². The highest BCUT2D eigenvalue weighted by atomic mass is 16.5. The van der Waals surface area contributed by atoms with Gasteiger partial charge in [0.15, 0.2) is 0 Å². The van der Waals surface area contributed by atoms with E-state index in [0.29, 0.717) is 25.5 Å². The minimum absolute atomic E-state index is 0.0732. The Morgan fingerprint density at radius 3 is 3.08 bits per heavy atom. The number of nitrogens with zero attached hydrogens (tertiary/aromatic N) is 3. The van der Waals surface area contributed by atoms with Crippen molar-refractivity contribution < 1.29 is 9.53 Å². The lowest BCUT2D eigenvalue weighted by molar-refractivity contribution is -0.120. The van der Waals surface area contributed by atoms with Crippen LogP contribution in [0.5, 0.6) is 5.75 Å². The highest BCUT2D eigenvalue weighted by Gasteiger charge is 2.07. The Labute approximate surface area is 139 Å². The first kappa shape index (κ1) is 15.9. The molecule has 2 aromatic heterocycles. The maximum Gasteiger partial charge on any atom is 0.233 e. The maximum atomic E-state index is 12.1. The minimum Gasteiger partial charge on any atom is -0.492 e. The number of imidazole rings is 1. The molecule has 2 heterocycles. The second kappa shape index (κ2) is 7.56. The van der Waals surface area contributed by atoms with E-state index in [4.69, 9.17) is 10.5 Å². The van der Waals surface area contributed by atoms with E-state index in [1.165, 1.54) is 0 Å². The average Bonchev–Trinajstić information content (AvgIpc) is 3.01. The zero-order valence-electron chi connectivity index (χ0n) is 13.2. The van der Waals surface area contributed by atoms with E-state index in [0.717, 1.165) is 17.0 Å². The lowest BCUT2D eigenvalue weighted by atomic mass is 10.1. The summed E-state index contributed by atoms with van der Waals surface area (Å²) in [5.74, 6) is 1.26. The number of nitrogens with one attached hydrogen (secondary N) is 1. The van der Waals surface area contributed by atoms with E-state index in [2.05, 4.69) is 15.3 Å². The Morgan fingerprint density at radius 1 is 1.33 bits per heavy atom. The monoisotopic (exact) mass is 325 g/mol. The number of fused-ring (bicyclic) bond motifs is 1. The topological polar surface area (TPSA) is 94.5 Å². The first-order valence-corrected chi connectivity index (χ1v) is 7.72. The van der Waals surface area contributed by atoms with Crippen LogP contribution in [0.15, 0.2) is 48.9 Å². The van der Waals surface area contributed by atoms with E-state index in [1.807, 2.05) is 47.1 Å². The molecule has 0 aliphatic rings. The smallest absolute Gasteiger partial charge is 0.233 e. The highest BCUT2D eigenvalue weighted by Crippen LogP contribution is 2.13. The third kappa shape index (κ3) is 4.08. The number of aromatic nitrogens is 3. The van der Waals surface area contributed by atoms with Crippen molar-refractivity contribution in [2.45, 2.75) is 13.0 Å². The van der Waals surface area contributed by atoms with Crippen molar-refractivity contribution in [3.63, 3.8) is 0 Å². The Morgan fingerprint density at radius 2 is 2.25 bits per heavy atom. The number of carbonyl (C=O) groups is 1. The summed E-state index contributed by atoms with van der Waals surface area (Å²) < 4.78 is 7.28. The molecule has 0 unspecified atom stereocenters. The van der Waals surface area contributed by atoms with Crippen molar-refractivity contribution in [3.05, 3.63) is 60.2 Å². The molecule has 0 spiro atoms. The normalized spacial score (nSPS) is 10.7. The van der Waals surface area contributed by atoms with Crippen LogP contribution in [0.2, 0.25) is 0 Å². The van der Waals surface area contributed by atoms with Gasteiger partial charge in [-0.05, 0) is 23.8 Å². The van der Waals surface area contributed by atoms with Crippen molar-refractivity contribution in [2.24, 2.45) is 5.73 Å². The molecule has 3 N–H and O–H groups in total. The number of hydrogen-bond donors (Lipinski definition) is 2. The molecule has 0 radical (unpaired) electrons. The molecular weight excluding hydrogens is 306 g/mol. The zero-order chi connectivity index (χ0) is 16.8. The van der Waals surface area contributed by atoms with E-state index in [9.17, 15) is 4.79 Å². The summed E-state index contributed by atoms with van der Waals surface area (Å²) in [6, 6.07) is 9.29. The van der Waals surface area contributed by atoms with E-state index in [-0.39, 0.29) is 12.3 Å². The van der Waals surface area contributed by atoms with Gasteiger partial charge in [0, 0.05) is 25.1 Å². The van der Waals surface area contributed by atoms with Gasteiger partial charge in [0.2, 0.25) is 11.7 Å². The summed E-state index contributed by atoms with van der Waals surface area (Å²) in [4.78, 5) is 20.6. The molecule has 0 saturated heterocycles. The largest absolute Gasteiger partial charge is 0.492 e. The third-order valence-electron chi connectivity index (χ3n) is 3.40. The molecule has 3 rings (SSSR count). The molecule has 7 heteroatoms. The molecular formula is C17H19N5O2. The fourth-order valence-electron chi connectivity index (χ4n) is 2.32. The number of carbonyl (C=O) groups excluding carboxylic acids is 1. The molecule has 1 aromatic carbocycles. The van der Waals surface area contributed by atoms with Crippen LogP contribution < -0.4 is 15.8 Å². The second-order valence-electron chi connectivity index (χ2n) is 5.30. The average molecular weight is 325 g/mol. The van der Waals surface area contributed by atoms with Crippen molar-refractivity contribution in [1.29, 1.82) is 0 Å². The van der Waals surface area contributed by atoms with Crippen LogP contribution in [0.1, 0.15) is 11.3 Å². The van der Waals surface area contributed by atoms with Crippen molar-refractivity contribution in [1.82, 2.24) is 19.7 Å². The Kier molecular flexibility index (Phi) is 5.02. The molecule has 0 fully saturated rings. The molecule has 7 nitrogen and oxygen atoms in total. The summed E-state index contributed by atoms with van der Waals surface area (Å²) in [6.07, 6.45) is 5.69. The van der Waals surface area contributed by atoms with E-state index < -0.39 is 0 Å². The first-order chi connectivity index (χ1) is 11.7. The lowest BCUT2D eigenvalue weighted by Crippen LogP contribution is -2.24. The van der Waals surface area contributed by atoms with E-state index >= 15 is 0 Å². The second-order valence-corrected chi connectivity index (χ2v) is 5.30. The number of amides is 1. The van der Waals surface area contributed by atoms with Gasteiger partial charge in [-0.2, -0.15) is 0 Å². The zero-order valence-corrected chi connectivity index (χ0v) is 13.2. The Bertz CT molecular complexity index is 797. The van der Waals surface area contributed by atoms with Crippen LogP contribution in [0.3, 0.4) is 0 Å². The standard InChI is InChI=1S/C17H19N5O2/c18-5-8-24-15-4-1-3-13(9-15)10-16(23)20-11-14-12-22-7-2-6-19-17(22)21-14/h1-4,6-7,9,12H,5,8,10-11,18H2,(H,20,23). The fraction of sp³-hybridized carbons (Fsp3) is 0.235. The van der Waals surface area contributed by atoms with Crippen LogP contribution in [-0.4, -0.2) is 33.4 Å². The van der Waals surface area contributed by atoms with Gasteiger partial charge in [-0.25, -0.2) is 9.97 Å². The summed E-state index contributed by atoms with van der Waals surface area (Å²) in [5.41, 5.74) is 7.07. The van der Waals surface area contributed by atoms with Crippen LogP contribution in [0.25, 0.3) is 5.78 Å². The van der Waals surface area contributed by atoms with Crippen molar-refractivity contribution in [2.75, 3.05) is 13.2 Å². The summed E-state index contributed by atoms with van der Waals surface area (Å²) in [5, 5.41) is 2.87. The molecule has 0 atom stereocenters. The number of benzene rings is 1. The van der Waals surface area contributed by atoms with Crippen LogP contribution in [-0.2, 0) is 17.8 Å². The van der Waals surface area contributed by atoms with Gasteiger partial charge in [-0.15, -0.1) is 0 Å². The molecule has 124 valence electrons. The van der Waals surface area contributed by atoms with Crippen molar-refractivity contribution >= 4 is 11.7 Å². The van der Waals surface area contributed by atoms with Gasteiger partial charge >= 0.3 is 0 Å². The minimum atomic E-state index is -0.0732.